The fraction of sp³-hybridized carbons (Fsp3) is 0.150. The van der Waals surface area contributed by atoms with Crippen LogP contribution in [0.5, 0.6) is 0 Å². The molecule has 0 bridgehead atoms. The summed E-state index contributed by atoms with van der Waals surface area (Å²) in [6.07, 6.45) is 2.82. The van der Waals surface area contributed by atoms with Crippen LogP contribution >= 0.6 is 0 Å². The molecule has 0 atom stereocenters. The molecule has 0 aliphatic heterocycles. The quantitative estimate of drug-likeness (QED) is 0.774. The fourth-order valence-electron chi connectivity index (χ4n) is 2.75. The lowest BCUT2D eigenvalue weighted by atomic mass is 9.99. The average molecular weight is 318 g/mol. The van der Waals surface area contributed by atoms with E-state index >= 15 is 0 Å². The van der Waals surface area contributed by atoms with Crippen molar-refractivity contribution in [1.82, 2.24) is 9.97 Å². The Morgan fingerprint density at radius 1 is 0.958 bits per heavy atom. The SMILES string of the molecule is Cc1c(CCc2cccc(-c3ccccc3)c2)ncnc1C(=O)O. The van der Waals surface area contributed by atoms with Gasteiger partial charge in [0.1, 0.15) is 6.33 Å². The molecule has 1 N–H and O–H groups in total. The molecule has 0 spiro atoms. The summed E-state index contributed by atoms with van der Waals surface area (Å²) < 4.78 is 0. The molecule has 4 nitrogen and oxygen atoms in total. The molecule has 3 aromatic rings. The van der Waals surface area contributed by atoms with Gasteiger partial charge in [0.05, 0.1) is 0 Å². The van der Waals surface area contributed by atoms with Crippen LogP contribution in [-0.4, -0.2) is 21.0 Å². The third-order valence-electron chi connectivity index (χ3n) is 4.08. The second-order valence-corrected chi connectivity index (χ2v) is 5.67. The number of carboxylic acid groups (broad SMARTS) is 1. The Labute approximate surface area is 140 Å². The molecular formula is C20H18N2O2. The van der Waals surface area contributed by atoms with Gasteiger partial charge >= 0.3 is 5.97 Å². The van der Waals surface area contributed by atoms with Crippen LogP contribution in [0.25, 0.3) is 11.1 Å². The number of aromatic carboxylic acids is 1. The monoisotopic (exact) mass is 318 g/mol. The summed E-state index contributed by atoms with van der Waals surface area (Å²) in [6, 6.07) is 18.6. The van der Waals surface area contributed by atoms with Gasteiger partial charge in [0.25, 0.3) is 0 Å². The third-order valence-corrected chi connectivity index (χ3v) is 4.08. The lowest BCUT2D eigenvalue weighted by Crippen LogP contribution is -2.08. The highest BCUT2D eigenvalue weighted by molar-refractivity contribution is 5.87. The zero-order valence-electron chi connectivity index (χ0n) is 13.4. The maximum absolute atomic E-state index is 11.2. The van der Waals surface area contributed by atoms with Crippen LogP contribution in [0.1, 0.15) is 27.3 Å². The van der Waals surface area contributed by atoms with Gasteiger partial charge in [-0.1, -0.05) is 54.6 Å². The van der Waals surface area contributed by atoms with Crippen molar-refractivity contribution in [3.05, 3.63) is 83.4 Å². The highest BCUT2D eigenvalue weighted by atomic mass is 16.4. The number of nitrogens with zero attached hydrogens (tertiary/aromatic N) is 2. The maximum Gasteiger partial charge on any atom is 0.354 e. The first-order valence-corrected chi connectivity index (χ1v) is 7.83. The van der Waals surface area contributed by atoms with Gasteiger partial charge < -0.3 is 5.11 Å². The summed E-state index contributed by atoms with van der Waals surface area (Å²) in [7, 11) is 0. The zero-order valence-corrected chi connectivity index (χ0v) is 13.4. The van der Waals surface area contributed by atoms with Crippen molar-refractivity contribution in [2.45, 2.75) is 19.8 Å². The van der Waals surface area contributed by atoms with E-state index in [2.05, 4.69) is 40.3 Å². The molecule has 24 heavy (non-hydrogen) atoms. The van der Waals surface area contributed by atoms with Gasteiger partial charge in [-0.15, -0.1) is 0 Å². The van der Waals surface area contributed by atoms with E-state index in [1.807, 2.05) is 24.3 Å². The van der Waals surface area contributed by atoms with Gasteiger partial charge in [-0.2, -0.15) is 0 Å². The minimum Gasteiger partial charge on any atom is -0.477 e. The van der Waals surface area contributed by atoms with Crippen LogP contribution in [0, 0.1) is 6.92 Å². The second-order valence-electron chi connectivity index (χ2n) is 5.67. The highest BCUT2D eigenvalue weighted by Crippen LogP contribution is 2.21. The molecule has 3 rings (SSSR count). The smallest absolute Gasteiger partial charge is 0.354 e. The van der Waals surface area contributed by atoms with Crippen molar-refractivity contribution < 1.29 is 9.90 Å². The first-order valence-electron chi connectivity index (χ1n) is 7.83. The Bertz CT molecular complexity index is 861. The summed E-state index contributed by atoms with van der Waals surface area (Å²) in [4.78, 5) is 19.2. The number of carboxylic acids is 1. The van der Waals surface area contributed by atoms with Crippen molar-refractivity contribution in [2.24, 2.45) is 0 Å². The normalized spacial score (nSPS) is 10.5. The molecule has 0 amide bonds. The van der Waals surface area contributed by atoms with Crippen molar-refractivity contribution in [1.29, 1.82) is 0 Å². The molecule has 0 fully saturated rings. The van der Waals surface area contributed by atoms with Crippen molar-refractivity contribution in [3.8, 4) is 11.1 Å². The van der Waals surface area contributed by atoms with E-state index in [0.717, 1.165) is 12.1 Å². The predicted molar refractivity (Wildman–Crippen MR) is 93.0 cm³/mol. The Balaban J connectivity index is 1.79. The number of hydrogen-bond acceptors (Lipinski definition) is 3. The van der Waals surface area contributed by atoms with Crippen molar-refractivity contribution in [3.63, 3.8) is 0 Å². The van der Waals surface area contributed by atoms with Gasteiger partial charge in [0.2, 0.25) is 0 Å². The van der Waals surface area contributed by atoms with E-state index in [9.17, 15) is 4.79 Å². The predicted octanol–water partition coefficient (Wildman–Crippen LogP) is 3.94. The molecule has 0 saturated heterocycles. The minimum atomic E-state index is -1.01. The maximum atomic E-state index is 11.2. The topological polar surface area (TPSA) is 63.1 Å². The fourth-order valence-corrected chi connectivity index (χ4v) is 2.75. The van der Waals surface area contributed by atoms with Crippen LogP contribution < -0.4 is 0 Å². The molecule has 0 radical (unpaired) electrons. The van der Waals surface area contributed by atoms with E-state index in [-0.39, 0.29) is 5.69 Å². The molecule has 0 saturated carbocycles. The molecule has 0 aliphatic carbocycles. The molecule has 120 valence electrons. The molecule has 0 aliphatic rings. The summed E-state index contributed by atoms with van der Waals surface area (Å²) >= 11 is 0. The average Bonchev–Trinajstić information content (AvgIpc) is 2.61. The Hall–Kier alpha value is -3.01. The van der Waals surface area contributed by atoms with Gasteiger partial charge in [-0.3, -0.25) is 0 Å². The lowest BCUT2D eigenvalue weighted by Gasteiger charge is -2.08. The first kappa shape index (κ1) is 15.9. The van der Waals surface area contributed by atoms with E-state index in [0.29, 0.717) is 12.0 Å². The number of aromatic nitrogens is 2. The number of hydrogen-bond donors (Lipinski definition) is 1. The summed E-state index contributed by atoms with van der Waals surface area (Å²) in [5.41, 5.74) is 5.07. The van der Waals surface area contributed by atoms with Crippen LogP contribution in [0.2, 0.25) is 0 Å². The van der Waals surface area contributed by atoms with E-state index in [1.54, 1.807) is 6.92 Å². The molecular weight excluding hydrogens is 300 g/mol. The van der Waals surface area contributed by atoms with E-state index < -0.39 is 5.97 Å². The van der Waals surface area contributed by atoms with Crippen LogP contribution in [0.4, 0.5) is 0 Å². The molecule has 2 aromatic carbocycles. The Morgan fingerprint density at radius 2 is 1.71 bits per heavy atom. The molecule has 4 heteroatoms. The van der Waals surface area contributed by atoms with Gasteiger partial charge in [-0.25, -0.2) is 14.8 Å². The summed E-state index contributed by atoms with van der Waals surface area (Å²) in [5.74, 6) is -1.01. The Morgan fingerprint density at radius 3 is 2.46 bits per heavy atom. The highest BCUT2D eigenvalue weighted by Gasteiger charge is 2.13. The van der Waals surface area contributed by atoms with Crippen molar-refractivity contribution in [2.75, 3.05) is 0 Å². The minimum absolute atomic E-state index is 0.0815. The number of carbonyl (C=O) groups is 1. The summed E-state index contributed by atoms with van der Waals surface area (Å²) in [5, 5.41) is 9.15. The first-order chi connectivity index (χ1) is 11.6. The largest absolute Gasteiger partial charge is 0.477 e. The van der Waals surface area contributed by atoms with Gasteiger partial charge in [-0.05, 0) is 36.5 Å². The van der Waals surface area contributed by atoms with Gasteiger partial charge in [0.15, 0.2) is 5.69 Å². The van der Waals surface area contributed by atoms with Crippen molar-refractivity contribution >= 4 is 5.97 Å². The number of aryl methyl sites for hydroxylation is 2. The standard InChI is InChI=1S/C20H18N2O2/c1-14-18(21-13-22-19(14)20(23)24)11-10-15-6-5-9-17(12-15)16-7-3-2-4-8-16/h2-9,12-13H,10-11H2,1H3,(H,23,24). The van der Waals surface area contributed by atoms with Crippen LogP contribution in [-0.2, 0) is 12.8 Å². The third kappa shape index (κ3) is 3.49. The van der Waals surface area contributed by atoms with E-state index in [1.165, 1.54) is 23.0 Å². The molecule has 1 heterocycles. The lowest BCUT2D eigenvalue weighted by molar-refractivity contribution is 0.0689. The summed E-state index contributed by atoms with van der Waals surface area (Å²) in [6.45, 7) is 1.76. The number of benzene rings is 2. The van der Waals surface area contributed by atoms with Gasteiger partial charge in [0, 0.05) is 11.3 Å². The van der Waals surface area contributed by atoms with Crippen LogP contribution in [0.3, 0.4) is 0 Å². The molecule has 0 unspecified atom stereocenters. The molecule has 1 aromatic heterocycles. The second kappa shape index (κ2) is 7.04. The Kier molecular flexibility index (Phi) is 4.66. The number of rotatable bonds is 5. The zero-order chi connectivity index (χ0) is 16.9. The van der Waals surface area contributed by atoms with Crippen LogP contribution in [0.15, 0.2) is 60.9 Å². The van der Waals surface area contributed by atoms with E-state index in [4.69, 9.17) is 5.11 Å².